The van der Waals surface area contributed by atoms with Gasteiger partial charge in [-0.2, -0.15) is 0 Å². The quantitative estimate of drug-likeness (QED) is 0.684. The van der Waals surface area contributed by atoms with E-state index in [1.807, 2.05) is 11.6 Å². The average molecular weight is 285 g/mol. The molecule has 0 aliphatic rings. The van der Waals surface area contributed by atoms with E-state index in [0.29, 0.717) is 19.4 Å². The number of sulfonamides is 1. The monoisotopic (exact) mass is 285 g/mol. The minimum absolute atomic E-state index is 0.0155. The molecule has 19 heavy (non-hydrogen) atoms. The van der Waals surface area contributed by atoms with E-state index in [0.717, 1.165) is 5.56 Å². The van der Waals surface area contributed by atoms with E-state index in [1.165, 1.54) is 12.1 Å². The number of carbonyl (C=O) groups excluding carboxylic acids is 1. The second kappa shape index (κ2) is 6.65. The fraction of sp³-hybridized carbons (Fsp3) is 0.417. The zero-order chi connectivity index (χ0) is 14.5. The van der Waals surface area contributed by atoms with Crippen molar-refractivity contribution >= 4 is 15.9 Å². The Kier molecular flexibility index (Phi) is 5.46. The molecule has 1 rings (SSSR count). The number of carbonyl (C=O) groups is 1. The van der Waals surface area contributed by atoms with Gasteiger partial charge < -0.3 is 11.5 Å². The van der Waals surface area contributed by atoms with Gasteiger partial charge in [-0.05, 0) is 24.1 Å². The molecule has 0 bridgehead atoms. The van der Waals surface area contributed by atoms with Gasteiger partial charge in [0.1, 0.15) is 0 Å². The summed E-state index contributed by atoms with van der Waals surface area (Å²) in [5, 5.41) is 0. The predicted molar refractivity (Wildman–Crippen MR) is 72.5 cm³/mol. The highest BCUT2D eigenvalue weighted by molar-refractivity contribution is 7.90. The lowest BCUT2D eigenvalue weighted by Gasteiger charge is -2.11. The van der Waals surface area contributed by atoms with Gasteiger partial charge in [0.25, 0.3) is 15.9 Å². The summed E-state index contributed by atoms with van der Waals surface area (Å²) >= 11 is 0. The van der Waals surface area contributed by atoms with Gasteiger partial charge in [-0.1, -0.05) is 25.5 Å². The summed E-state index contributed by atoms with van der Waals surface area (Å²) in [6, 6.07) is 5.20. The van der Waals surface area contributed by atoms with Gasteiger partial charge in [0.05, 0.1) is 10.9 Å². The molecule has 0 fully saturated rings. The van der Waals surface area contributed by atoms with Crippen LogP contribution in [0.5, 0.6) is 0 Å². The molecule has 1 aromatic carbocycles. The Labute approximate surface area is 113 Å². The first-order valence-electron chi connectivity index (χ1n) is 6.02. The van der Waals surface area contributed by atoms with Gasteiger partial charge in [0, 0.05) is 6.54 Å². The predicted octanol–water partition coefficient (Wildman–Crippen LogP) is 0.0776. The molecule has 0 heterocycles. The van der Waals surface area contributed by atoms with E-state index in [1.54, 1.807) is 12.1 Å². The summed E-state index contributed by atoms with van der Waals surface area (Å²) in [7, 11) is -3.87. The summed E-state index contributed by atoms with van der Waals surface area (Å²) in [6.07, 6.45) is 1.15. The lowest BCUT2D eigenvalue weighted by molar-refractivity contribution is -0.120. The second-order valence-electron chi connectivity index (χ2n) is 4.21. The van der Waals surface area contributed by atoms with Crippen molar-refractivity contribution < 1.29 is 13.2 Å². The highest BCUT2D eigenvalue weighted by Gasteiger charge is 2.21. The number of hydrogen-bond acceptors (Lipinski definition) is 5. The van der Waals surface area contributed by atoms with Crippen molar-refractivity contribution in [2.75, 3.05) is 0 Å². The molecule has 0 saturated heterocycles. The number of nitrogens with one attached hydrogen (secondary N) is 1. The van der Waals surface area contributed by atoms with Crippen LogP contribution < -0.4 is 16.2 Å². The van der Waals surface area contributed by atoms with E-state index in [4.69, 9.17) is 11.5 Å². The van der Waals surface area contributed by atoms with Crippen LogP contribution >= 0.6 is 0 Å². The summed E-state index contributed by atoms with van der Waals surface area (Å²) in [5.41, 5.74) is 11.8. The van der Waals surface area contributed by atoms with Crippen molar-refractivity contribution in [1.29, 1.82) is 0 Å². The number of amides is 1. The van der Waals surface area contributed by atoms with Crippen molar-refractivity contribution in [2.24, 2.45) is 11.5 Å². The maximum Gasteiger partial charge on any atom is 0.264 e. The Morgan fingerprint density at radius 2 is 1.89 bits per heavy atom. The van der Waals surface area contributed by atoms with Crippen LogP contribution in [0.15, 0.2) is 29.2 Å². The highest BCUT2D eigenvalue weighted by atomic mass is 32.2. The average Bonchev–Trinajstić information content (AvgIpc) is 2.38. The van der Waals surface area contributed by atoms with Crippen LogP contribution in [0.1, 0.15) is 25.3 Å². The Morgan fingerprint density at radius 1 is 1.32 bits per heavy atom. The van der Waals surface area contributed by atoms with Crippen LogP contribution in [-0.4, -0.2) is 20.4 Å². The molecule has 106 valence electrons. The topological polar surface area (TPSA) is 115 Å². The van der Waals surface area contributed by atoms with Crippen LogP contribution in [0.25, 0.3) is 0 Å². The van der Waals surface area contributed by atoms with Gasteiger partial charge >= 0.3 is 0 Å². The van der Waals surface area contributed by atoms with Crippen molar-refractivity contribution in [3.8, 4) is 0 Å². The first-order valence-corrected chi connectivity index (χ1v) is 7.50. The molecule has 7 heteroatoms. The smallest absolute Gasteiger partial charge is 0.264 e. The van der Waals surface area contributed by atoms with Gasteiger partial charge in [0.15, 0.2) is 0 Å². The number of nitrogens with two attached hydrogens (primary N) is 2. The number of hydrogen-bond donors (Lipinski definition) is 3. The van der Waals surface area contributed by atoms with Gasteiger partial charge in [-0.25, -0.2) is 13.1 Å². The fourth-order valence-electron chi connectivity index (χ4n) is 1.51. The van der Waals surface area contributed by atoms with E-state index in [2.05, 4.69) is 0 Å². The molecule has 1 atom stereocenters. The maximum atomic E-state index is 11.9. The molecule has 0 saturated carbocycles. The van der Waals surface area contributed by atoms with E-state index < -0.39 is 22.0 Å². The molecule has 6 nitrogen and oxygen atoms in total. The van der Waals surface area contributed by atoms with Crippen molar-refractivity contribution in [2.45, 2.75) is 37.2 Å². The molecule has 0 radical (unpaired) electrons. The zero-order valence-corrected chi connectivity index (χ0v) is 11.6. The largest absolute Gasteiger partial charge is 0.326 e. The molecular weight excluding hydrogens is 266 g/mol. The minimum Gasteiger partial charge on any atom is -0.326 e. The van der Waals surface area contributed by atoms with Crippen LogP contribution in [0, 0.1) is 0 Å². The SMILES string of the molecule is CCCC(N)C(=O)NS(=O)(=O)c1ccc(CN)cc1. The summed E-state index contributed by atoms with van der Waals surface area (Å²) in [5.74, 6) is -0.690. The summed E-state index contributed by atoms with van der Waals surface area (Å²) in [6.45, 7) is 2.20. The van der Waals surface area contributed by atoms with Crippen molar-refractivity contribution in [1.82, 2.24) is 4.72 Å². The van der Waals surface area contributed by atoms with Gasteiger partial charge in [-0.3, -0.25) is 4.79 Å². The first kappa shape index (κ1) is 15.6. The highest BCUT2D eigenvalue weighted by Crippen LogP contribution is 2.10. The molecule has 0 aliphatic heterocycles. The zero-order valence-electron chi connectivity index (χ0n) is 10.8. The minimum atomic E-state index is -3.87. The molecule has 0 aromatic heterocycles. The third-order valence-electron chi connectivity index (χ3n) is 2.64. The standard InChI is InChI=1S/C12H19N3O3S/c1-2-3-11(14)12(16)15-19(17,18)10-6-4-9(8-13)5-7-10/h4-7,11H,2-3,8,13-14H2,1H3,(H,15,16). The first-order chi connectivity index (χ1) is 8.90. The molecule has 0 spiro atoms. The lowest BCUT2D eigenvalue weighted by Crippen LogP contribution is -2.43. The Morgan fingerprint density at radius 3 is 2.37 bits per heavy atom. The van der Waals surface area contributed by atoms with Gasteiger partial charge in [0.2, 0.25) is 0 Å². The third-order valence-corrected chi connectivity index (χ3v) is 4.00. The molecule has 1 unspecified atom stereocenters. The van der Waals surface area contributed by atoms with Crippen LogP contribution in [-0.2, 0) is 21.4 Å². The lowest BCUT2D eigenvalue weighted by atomic mass is 10.2. The second-order valence-corrected chi connectivity index (χ2v) is 5.90. The molecule has 1 aromatic rings. The van der Waals surface area contributed by atoms with Crippen LogP contribution in [0.2, 0.25) is 0 Å². The summed E-state index contributed by atoms with van der Waals surface area (Å²) < 4.78 is 25.8. The van der Waals surface area contributed by atoms with E-state index in [9.17, 15) is 13.2 Å². The van der Waals surface area contributed by atoms with Crippen LogP contribution in [0.3, 0.4) is 0 Å². The van der Waals surface area contributed by atoms with Gasteiger partial charge in [-0.15, -0.1) is 0 Å². The number of rotatable bonds is 6. The third kappa shape index (κ3) is 4.30. The molecular formula is C12H19N3O3S. The normalized spacial score (nSPS) is 13.0. The van der Waals surface area contributed by atoms with Crippen LogP contribution in [0.4, 0.5) is 0 Å². The molecule has 5 N–H and O–H groups in total. The Hall–Kier alpha value is -1.44. The van der Waals surface area contributed by atoms with E-state index >= 15 is 0 Å². The van der Waals surface area contributed by atoms with E-state index in [-0.39, 0.29) is 4.90 Å². The van der Waals surface area contributed by atoms with Crippen molar-refractivity contribution in [3.63, 3.8) is 0 Å². The molecule has 1 amide bonds. The van der Waals surface area contributed by atoms with Crippen molar-refractivity contribution in [3.05, 3.63) is 29.8 Å². The summed E-state index contributed by atoms with van der Waals surface area (Å²) in [4.78, 5) is 11.6. The number of benzene rings is 1. The fourth-order valence-corrected chi connectivity index (χ4v) is 2.54. The maximum absolute atomic E-state index is 11.9. The Balaban J connectivity index is 2.83. The molecule has 0 aliphatic carbocycles. The Bertz CT molecular complexity index is 526.